The number of aromatic amines is 1. The van der Waals surface area contributed by atoms with E-state index in [1.807, 2.05) is 29.4 Å². The maximum Gasteiger partial charge on any atom is 0.247 e. The fraction of sp³-hybridized carbons (Fsp3) is 0.481. The fourth-order valence-electron chi connectivity index (χ4n) is 5.67. The highest BCUT2D eigenvalue weighted by Gasteiger charge is 2.47. The molecular weight excluding hydrogens is 508 g/mol. The molecule has 6 rings (SSSR count). The second kappa shape index (κ2) is 10.6. The second-order valence-electron chi connectivity index (χ2n) is 10.9. The minimum absolute atomic E-state index is 0.0699. The zero-order chi connectivity index (χ0) is 27.7. The molecule has 0 radical (unpaired) electrons. The summed E-state index contributed by atoms with van der Waals surface area (Å²) in [5.74, 6) is 0.524. The zero-order valence-electron chi connectivity index (χ0n) is 22.9. The molecule has 0 spiro atoms. The van der Waals surface area contributed by atoms with Crippen LogP contribution in [0, 0.1) is 12.0 Å². The molecule has 0 aromatic carbocycles. The highest BCUT2D eigenvalue weighted by molar-refractivity contribution is 5.76. The van der Waals surface area contributed by atoms with E-state index in [4.69, 9.17) is 11.6 Å². The van der Waals surface area contributed by atoms with Gasteiger partial charge in [0.25, 0.3) is 0 Å². The summed E-state index contributed by atoms with van der Waals surface area (Å²) < 4.78 is 3.41. The number of piperazine rings is 1. The molecule has 6 heterocycles. The minimum atomic E-state index is -0.123. The van der Waals surface area contributed by atoms with Crippen molar-refractivity contribution in [1.29, 1.82) is 0 Å². The predicted molar refractivity (Wildman–Crippen MR) is 150 cm³/mol. The molecule has 0 aliphatic carbocycles. The largest absolute Gasteiger partial charge is 0.367 e. The number of nitrogens with one attached hydrogen (secondary N) is 2. The first kappa shape index (κ1) is 25.8. The summed E-state index contributed by atoms with van der Waals surface area (Å²) in [5.41, 5.74) is 4.67. The third-order valence-electron chi connectivity index (χ3n) is 7.93. The molecule has 2 N–H and O–H groups in total. The van der Waals surface area contributed by atoms with Gasteiger partial charge in [-0.15, -0.1) is 5.10 Å². The minimum Gasteiger partial charge on any atom is -0.367 e. The Morgan fingerprint density at radius 2 is 2.05 bits per heavy atom. The van der Waals surface area contributed by atoms with E-state index in [2.05, 4.69) is 54.3 Å². The van der Waals surface area contributed by atoms with Crippen molar-refractivity contribution in [2.45, 2.75) is 26.3 Å². The topological polar surface area (TPSA) is 120 Å². The Morgan fingerprint density at radius 3 is 2.83 bits per heavy atom. The van der Waals surface area contributed by atoms with E-state index in [9.17, 15) is 4.79 Å². The lowest BCUT2D eigenvalue weighted by Gasteiger charge is -2.48. The number of anilines is 3. The van der Waals surface area contributed by atoms with E-state index < -0.39 is 0 Å². The van der Waals surface area contributed by atoms with Crippen molar-refractivity contribution in [2.24, 2.45) is 5.41 Å². The zero-order valence-corrected chi connectivity index (χ0v) is 22.9. The van der Waals surface area contributed by atoms with Crippen molar-refractivity contribution in [3.05, 3.63) is 59.6 Å². The van der Waals surface area contributed by atoms with E-state index >= 15 is 0 Å². The molecule has 4 aromatic rings. The summed E-state index contributed by atoms with van der Waals surface area (Å²) in [7, 11) is 2.07. The molecule has 1 amide bonds. The van der Waals surface area contributed by atoms with Crippen LogP contribution in [-0.4, -0.2) is 103 Å². The maximum absolute atomic E-state index is 12.7. The Labute approximate surface area is 232 Å². The van der Waals surface area contributed by atoms with E-state index in [1.165, 1.54) is 5.56 Å². The van der Waals surface area contributed by atoms with Crippen LogP contribution in [0.3, 0.4) is 0 Å². The van der Waals surface area contributed by atoms with Crippen LogP contribution in [-0.2, 0) is 24.2 Å². The first-order chi connectivity index (χ1) is 19.4. The lowest BCUT2D eigenvalue weighted by molar-refractivity contribution is -0.133. The summed E-state index contributed by atoms with van der Waals surface area (Å²) in [6, 6.07) is 4.01. The molecule has 208 valence electrons. The number of amides is 1. The molecule has 0 atom stereocenters. The van der Waals surface area contributed by atoms with Crippen LogP contribution < -0.4 is 10.2 Å². The first-order valence-electron chi connectivity index (χ1n) is 13.7. The molecule has 2 aliphatic rings. The number of hydrogen-bond acceptors (Lipinski definition) is 8. The molecule has 40 heavy (non-hydrogen) atoms. The maximum atomic E-state index is 12.7. The van der Waals surface area contributed by atoms with Gasteiger partial charge in [-0.3, -0.25) is 14.6 Å². The van der Waals surface area contributed by atoms with Crippen molar-refractivity contribution in [3.63, 3.8) is 0 Å². The van der Waals surface area contributed by atoms with Gasteiger partial charge in [0.05, 0.1) is 29.2 Å². The van der Waals surface area contributed by atoms with Crippen LogP contribution >= 0.6 is 0 Å². The fourth-order valence-corrected chi connectivity index (χ4v) is 5.67. The van der Waals surface area contributed by atoms with Gasteiger partial charge in [0.1, 0.15) is 6.54 Å². The third-order valence-corrected chi connectivity index (χ3v) is 7.93. The quantitative estimate of drug-likeness (QED) is 0.307. The average Bonchev–Trinajstić information content (AvgIpc) is 3.67. The summed E-state index contributed by atoms with van der Waals surface area (Å²) in [5, 5.41) is 19.5. The lowest BCUT2D eigenvalue weighted by Crippen LogP contribution is -2.59. The molecular formula is C27H34N12O. The van der Waals surface area contributed by atoms with Gasteiger partial charge >= 0.3 is 0 Å². The number of aromatic nitrogens is 7. The Bertz CT molecular complexity index is 1530. The number of H-pyrrole nitrogens is 1. The number of likely N-dealkylation sites (N-methyl/N-ethyl adjacent to an activating group) is 1. The predicted octanol–water partition coefficient (Wildman–Crippen LogP) is 1.70. The number of nitrogens with zero attached hydrogens (tertiary/aromatic N) is 10. The van der Waals surface area contributed by atoms with Gasteiger partial charge < -0.3 is 24.9 Å². The van der Waals surface area contributed by atoms with E-state index in [0.717, 1.165) is 74.8 Å². The Morgan fingerprint density at radius 1 is 1.23 bits per heavy atom. The van der Waals surface area contributed by atoms with Crippen LogP contribution in [0.5, 0.6) is 0 Å². The van der Waals surface area contributed by atoms with E-state index in [-0.39, 0.29) is 17.9 Å². The number of pyridine rings is 1. The summed E-state index contributed by atoms with van der Waals surface area (Å²) in [6.45, 7) is 15.1. The molecule has 2 aliphatic heterocycles. The van der Waals surface area contributed by atoms with Crippen molar-refractivity contribution >= 4 is 28.9 Å². The van der Waals surface area contributed by atoms with Crippen LogP contribution in [0.4, 0.5) is 17.3 Å². The molecule has 2 fully saturated rings. The smallest absolute Gasteiger partial charge is 0.247 e. The number of carbonyl (C=O) groups excluding carboxylic acids is 1. The Kier molecular flexibility index (Phi) is 6.85. The molecule has 0 bridgehead atoms. The van der Waals surface area contributed by atoms with Gasteiger partial charge in [-0.25, -0.2) is 11.1 Å². The standard InChI is InChI=1S/C27H34N12O/c1-4-20-13-29-33-22(20)12-27(17-28-2)18-37(19-27)23-6-5-7-39-25(23)32-26(34-39)31-21-14-30-38(15-21)16-24(40)36-10-8-35(3)9-11-36/h5-7,13-15H,4,8-12,16-19H2,1,3H3,(H,29,33)(H,31,34). The Hall–Kier alpha value is -4.44. The molecule has 0 unspecified atom stereocenters. The van der Waals surface area contributed by atoms with Gasteiger partial charge in [-0.05, 0) is 31.2 Å². The second-order valence-corrected chi connectivity index (χ2v) is 10.9. The molecule has 2 saturated heterocycles. The van der Waals surface area contributed by atoms with Crippen LogP contribution in [0.25, 0.3) is 10.5 Å². The van der Waals surface area contributed by atoms with Gasteiger partial charge in [-0.2, -0.15) is 15.2 Å². The average molecular weight is 543 g/mol. The van der Waals surface area contributed by atoms with Crippen LogP contribution in [0.15, 0.2) is 36.9 Å². The summed E-state index contributed by atoms with van der Waals surface area (Å²) >= 11 is 0. The number of carbonyl (C=O) groups is 1. The highest BCUT2D eigenvalue weighted by atomic mass is 16.2. The number of rotatable bonds is 9. The molecule has 13 heteroatoms. The number of fused-ring (bicyclic) bond motifs is 1. The van der Waals surface area contributed by atoms with E-state index in [1.54, 1.807) is 21.6 Å². The highest BCUT2D eigenvalue weighted by Crippen LogP contribution is 2.39. The molecule has 4 aromatic heterocycles. The van der Waals surface area contributed by atoms with Gasteiger partial charge in [0.15, 0.2) is 5.65 Å². The Balaban J connectivity index is 1.13. The molecule has 0 saturated carbocycles. The van der Waals surface area contributed by atoms with Crippen molar-refractivity contribution < 1.29 is 4.79 Å². The third kappa shape index (κ3) is 5.10. The molecule has 13 nitrogen and oxygen atoms in total. The SMILES string of the molecule is [C-]#[N+]CC1(Cc2[nH]ncc2CC)CN(c2cccn3nc(Nc4cnn(CC(=O)N5CCN(C)CC5)c4)nc23)C1. The first-order valence-corrected chi connectivity index (χ1v) is 13.7. The number of aryl methyl sites for hydroxylation is 1. The monoisotopic (exact) mass is 542 g/mol. The summed E-state index contributed by atoms with van der Waals surface area (Å²) in [4.78, 5) is 27.6. The van der Waals surface area contributed by atoms with Crippen LogP contribution in [0.2, 0.25) is 0 Å². The normalized spacial score (nSPS) is 17.1. The van der Waals surface area contributed by atoms with Crippen molar-refractivity contribution in [1.82, 2.24) is 44.4 Å². The van der Waals surface area contributed by atoms with Crippen molar-refractivity contribution in [2.75, 3.05) is 63.1 Å². The van der Waals surface area contributed by atoms with Gasteiger partial charge in [-0.1, -0.05) is 6.92 Å². The number of hydrogen-bond donors (Lipinski definition) is 2. The van der Waals surface area contributed by atoms with E-state index in [0.29, 0.717) is 12.5 Å². The van der Waals surface area contributed by atoms with Crippen LogP contribution in [0.1, 0.15) is 18.2 Å². The van der Waals surface area contributed by atoms with Crippen molar-refractivity contribution in [3.8, 4) is 0 Å². The van der Waals surface area contributed by atoms with Gasteiger partial charge in [0, 0.05) is 63.8 Å². The lowest BCUT2D eigenvalue weighted by atomic mass is 9.75. The van der Waals surface area contributed by atoms with Gasteiger partial charge in [0.2, 0.25) is 18.4 Å². The summed E-state index contributed by atoms with van der Waals surface area (Å²) in [6.07, 6.45) is 8.97.